The zero-order valence-electron chi connectivity index (χ0n) is 16.5. The molecule has 0 fully saturated rings. The number of hydrogen-bond acceptors (Lipinski definition) is 5. The van der Waals surface area contributed by atoms with Gasteiger partial charge in [-0.3, -0.25) is 9.59 Å². The molecule has 0 atom stereocenters. The van der Waals surface area contributed by atoms with Crippen molar-refractivity contribution in [1.82, 2.24) is 0 Å². The normalized spacial score (nSPS) is 12.7. The molecule has 2 aromatic carbocycles. The minimum atomic E-state index is -0.624. The van der Waals surface area contributed by atoms with Crippen LogP contribution in [-0.2, 0) is 25.5 Å². The zero-order chi connectivity index (χ0) is 20.8. The molecule has 152 valence electrons. The molecular formula is C22H24N2O5. The van der Waals surface area contributed by atoms with Gasteiger partial charge in [0.2, 0.25) is 5.91 Å². The van der Waals surface area contributed by atoms with Gasteiger partial charge in [0.25, 0.3) is 5.91 Å². The molecule has 1 N–H and O–H groups in total. The molecule has 0 saturated carbocycles. The molecule has 0 radical (unpaired) electrons. The maximum Gasteiger partial charge on any atom is 0.344 e. The molecule has 7 heteroatoms. The fraction of sp³-hybridized carbons (Fsp3) is 0.318. The van der Waals surface area contributed by atoms with Gasteiger partial charge >= 0.3 is 5.97 Å². The third-order valence-corrected chi connectivity index (χ3v) is 4.50. The van der Waals surface area contributed by atoms with E-state index in [0.29, 0.717) is 18.6 Å². The molecule has 0 bridgehead atoms. The third kappa shape index (κ3) is 5.34. The van der Waals surface area contributed by atoms with Crippen LogP contribution in [0.4, 0.5) is 11.4 Å². The Balaban J connectivity index is 1.51. The van der Waals surface area contributed by atoms with E-state index in [1.165, 1.54) is 0 Å². The predicted molar refractivity (Wildman–Crippen MR) is 109 cm³/mol. The number of anilines is 2. The standard InChI is InChI=1S/C22H24N2O5/c1-15(2)24(17-6-4-3-5-7-17)21(26)13-29-22(27)14-28-18-9-10-19-16(12-18)8-11-20(25)23-19/h3-7,9-10,12,15H,8,11,13-14H2,1-2H3,(H,23,25). The second kappa shape index (κ2) is 9.23. The zero-order valence-corrected chi connectivity index (χ0v) is 16.5. The number of rotatable bonds is 7. The van der Waals surface area contributed by atoms with Crippen molar-refractivity contribution in [3.05, 3.63) is 54.1 Å². The molecule has 7 nitrogen and oxygen atoms in total. The summed E-state index contributed by atoms with van der Waals surface area (Å²) in [7, 11) is 0. The number of carbonyl (C=O) groups is 3. The van der Waals surface area contributed by atoms with Crippen LogP contribution < -0.4 is 15.0 Å². The van der Waals surface area contributed by atoms with Crippen molar-refractivity contribution in [1.29, 1.82) is 0 Å². The molecule has 2 aromatic rings. The fourth-order valence-corrected chi connectivity index (χ4v) is 3.16. The van der Waals surface area contributed by atoms with E-state index < -0.39 is 5.97 Å². The Morgan fingerprint density at radius 2 is 1.83 bits per heavy atom. The molecule has 0 aliphatic carbocycles. The minimum absolute atomic E-state index is 0.00893. The largest absolute Gasteiger partial charge is 0.482 e. The molecule has 0 spiro atoms. The average molecular weight is 396 g/mol. The lowest BCUT2D eigenvalue weighted by Gasteiger charge is -2.26. The molecule has 0 unspecified atom stereocenters. The molecule has 1 heterocycles. The van der Waals surface area contributed by atoms with E-state index in [4.69, 9.17) is 9.47 Å². The summed E-state index contributed by atoms with van der Waals surface area (Å²) in [5, 5.41) is 2.79. The average Bonchev–Trinajstić information content (AvgIpc) is 2.71. The topological polar surface area (TPSA) is 84.9 Å². The second-order valence-corrected chi connectivity index (χ2v) is 7.01. The van der Waals surface area contributed by atoms with Gasteiger partial charge in [0, 0.05) is 23.8 Å². The maximum atomic E-state index is 12.5. The number of para-hydroxylation sites is 1. The van der Waals surface area contributed by atoms with Gasteiger partial charge in [-0.25, -0.2) is 4.79 Å². The summed E-state index contributed by atoms with van der Waals surface area (Å²) < 4.78 is 10.6. The lowest BCUT2D eigenvalue weighted by Crippen LogP contribution is -2.40. The summed E-state index contributed by atoms with van der Waals surface area (Å²) in [6.45, 7) is 3.14. The first-order chi connectivity index (χ1) is 13.9. The van der Waals surface area contributed by atoms with Crippen molar-refractivity contribution in [3.63, 3.8) is 0 Å². The first-order valence-corrected chi connectivity index (χ1v) is 9.52. The molecule has 3 rings (SSSR count). The molecule has 1 aliphatic heterocycles. The van der Waals surface area contributed by atoms with E-state index in [9.17, 15) is 14.4 Å². The predicted octanol–water partition coefficient (Wildman–Crippen LogP) is 2.93. The molecule has 29 heavy (non-hydrogen) atoms. The lowest BCUT2D eigenvalue weighted by molar-refractivity contribution is -0.149. The monoisotopic (exact) mass is 396 g/mol. The van der Waals surface area contributed by atoms with Crippen LogP contribution in [0.5, 0.6) is 5.75 Å². The first-order valence-electron chi connectivity index (χ1n) is 9.52. The summed E-state index contributed by atoms with van der Waals surface area (Å²) >= 11 is 0. The Hall–Kier alpha value is -3.35. The Morgan fingerprint density at radius 3 is 2.55 bits per heavy atom. The second-order valence-electron chi connectivity index (χ2n) is 7.01. The summed E-state index contributed by atoms with van der Waals surface area (Å²) in [4.78, 5) is 37.5. The van der Waals surface area contributed by atoms with Crippen LogP contribution in [0.3, 0.4) is 0 Å². The number of aryl methyl sites for hydroxylation is 1. The highest BCUT2D eigenvalue weighted by Crippen LogP contribution is 2.26. The lowest BCUT2D eigenvalue weighted by atomic mass is 10.0. The summed E-state index contributed by atoms with van der Waals surface area (Å²) in [6, 6.07) is 14.4. The Kier molecular flexibility index (Phi) is 6.49. The van der Waals surface area contributed by atoms with Crippen LogP contribution >= 0.6 is 0 Å². The fourth-order valence-electron chi connectivity index (χ4n) is 3.16. The van der Waals surface area contributed by atoms with Crippen LogP contribution in [-0.4, -0.2) is 37.0 Å². The van der Waals surface area contributed by atoms with E-state index >= 15 is 0 Å². The van der Waals surface area contributed by atoms with E-state index in [1.54, 1.807) is 23.1 Å². The minimum Gasteiger partial charge on any atom is -0.482 e. The third-order valence-electron chi connectivity index (χ3n) is 4.50. The number of amides is 2. The van der Waals surface area contributed by atoms with Gasteiger partial charge in [0.15, 0.2) is 13.2 Å². The Labute approximate surface area is 169 Å². The smallest absolute Gasteiger partial charge is 0.344 e. The van der Waals surface area contributed by atoms with E-state index in [-0.39, 0.29) is 31.1 Å². The number of hydrogen-bond donors (Lipinski definition) is 1. The van der Waals surface area contributed by atoms with Gasteiger partial charge in [0.1, 0.15) is 5.75 Å². The molecule has 1 aliphatic rings. The van der Waals surface area contributed by atoms with Crippen molar-refractivity contribution >= 4 is 29.2 Å². The maximum absolute atomic E-state index is 12.5. The van der Waals surface area contributed by atoms with Crippen molar-refractivity contribution < 1.29 is 23.9 Å². The summed E-state index contributed by atoms with van der Waals surface area (Å²) in [6.07, 6.45) is 1.05. The van der Waals surface area contributed by atoms with Crippen LogP contribution in [0, 0.1) is 0 Å². The van der Waals surface area contributed by atoms with Gasteiger partial charge in [-0.05, 0) is 56.2 Å². The van der Waals surface area contributed by atoms with Gasteiger partial charge < -0.3 is 19.7 Å². The van der Waals surface area contributed by atoms with Gasteiger partial charge in [-0.15, -0.1) is 0 Å². The molecule has 0 aromatic heterocycles. The van der Waals surface area contributed by atoms with Crippen LogP contribution in [0.25, 0.3) is 0 Å². The van der Waals surface area contributed by atoms with Gasteiger partial charge in [-0.1, -0.05) is 18.2 Å². The number of ether oxygens (including phenoxy) is 2. The Morgan fingerprint density at radius 1 is 1.07 bits per heavy atom. The van der Waals surface area contributed by atoms with Gasteiger partial charge in [-0.2, -0.15) is 0 Å². The van der Waals surface area contributed by atoms with Crippen LogP contribution in [0.15, 0.2) is 48.5 Å². The molecular weight excluding hydrogens is 372 g/mol. The van der Waals surface area contributed by atoms with E-state index in [2.05, 4.69) is 5.32 Å². The SMILES string of the molecule is CC(C)N(C(=O)COC(=O)COc1ccc2c(c1)CCC(=O)N2)c1ccccc1. The summed E-state index contributed by atoms with van der Waals surface area (Å²) in [5.74, 6) is -0.424. The number of fused-ring (bicyclic) bond motifs is 1. The highest BCUT2D eigenvalue weighted by atomic mass is 16.6. The first kappa shape index (κ1) is 20.4. The van der Waals surface area contributed by atoms with Crippen molar-refractivity contribution in [2.75, 3.05) is 23.4 Å². The molecule has 2 amide bonds. The van der Waals surface area contributed by atoms with Crippen LogP contribution in [0.2, 0.25) is 0 Å². The highest BCUT2D eigenvalue weighted by Gasteiger charge is 2.21. The van der Waals surface area contributed by atoms with Crippen molar-refractivity contribution in [2.24, 2.45) is 0 Å². The molecule has 0 saturated heterocycles. The number of carbonyl (C=O) groups excluding carboxylic acids is 3. The number of benzene rings is 2. The van der Waals surface area contributed by atoms with Gasteiger partial charge in [0.05, 0.1) is 0 Å². The number of nitrogens with zero attached hydrogens (tertiary/aromatic N) is 1. The van der Waals surface area contributed by atoms with Crippen LogP contribution in [0.1, 0.15) is 25.8 Å². The Bertz CT molecular complexity index is 895. The van der Waals surface area contributed by atoms with E-state index in [0.717, 1.165) is 16.9 Å². The quantitative estimate of drug-likeness (QED) is 0.728. The summed E-state index contributed by atoms with van der Waals surface area (Å²) in [5.41, 5.74) is 2.47. The van der Waals surface area contributed by atoms with Crippen molar-refractivity contribution in [3.8, 4) is 5.75 Å². The number of esters is 1. The number of nitrogens with one attached hydrogen (secondary N) is 1. The van der Waals surface area contributed by atoms with Crippen molar-refractivity contribution in [2.45, 2.75) is 32.7 Å². The van der Waals surface area contributed by atoms with E-state index in [1.807, 2.05) is 44.2 Å². The highest BCUT2D eigenvalue weighted by molar-refractivity contribution is 5.96.